The van der Waals surface area contributed by atoms with Crippen LogP contribution in [0.4, 0.5) is 24.5 Å². The maximum atomic E-state index is 12.9. The molecule has 3 aromatic rings. The number of amides is 1. The molecule has 0 atom stereocenters. The summed E-state index contributed by atoms with van der Waals surface area (Å²) in [4.78, 5) is 22.6. The number of nitro benzene ring substituents is 1. The van der Waals surface area contributed by atoms with E-state index in [2.05, 4.69) is 5.32 Å². The third-order valence-electron chi connectivity index (χ3n) is 4.44. The fraction of sp³-hybridized carbons (Fsp3) is 0.0435. The molecular weight excluding hydrogens is 510 g/mol. The van der Waals surface area contributed by atoms with Crippen LogP contribution in [0.3, 0.4) is 0 Å². The molecular formula is C23H12Cl2F3N3O4. The van der Waals surface area contributed by atoms with Gasteiger partial charge in [0.05, 0.1) is 15.5 Å². The van der Waals surface area contributed by atoms with Crippen molar-refractivity contribution in [1.29, 1.82) is 5.26 Å². The van der Waals surface area contributed by atoms with Crippen molar-refractivity contribution >= 4 is 46.6 Å². The number of benzene rings is 3. The Morgan fingerprint density at radius 3 is 2.29 bits per heavy atom. The number of anilines is 1. The number of halogens is 5. The third-order valence-corrected chi connectivity index (χ3v) is 4.98. The smallest absolute Gasteiger partial charge is 0.416 e. The fourth-order valence-electron chi connectivity index (χ4n) is 2.78. The van der Waals surface area contributed by atoms with Crippen molar-refractivity contribution in [3.05, 3.63) is 97.5 Å². The maximum absolute atomic E-state index is 12.9. The lowest BCUT2D eigenvalue weighted by Crippen LogP contribution is -2.13. The largest absolute Gasteiger partial charge is 0.449 e. The number of rotatable bonds is 6. The first-order valence-corrected chi connectivity index (χ1v) is 10.3. The van der Waals surface area contributed by atoms with Crippen molar-refractivity contribution in [3.8, 4) is 17.6 Å². The Balaban J connectivity index is 1.83. The molecule has 3 aromatic carbocycles. The molecule has 0 aliphatic rings. The quantitative estimate of drug-likeness (QED) is 0.159. The van der Waals surface area contributed by atoms with Gasteiger partial charge in [0, 0.05) is 16.8 Å². The maximum Gasteiger partial charge on any atom is 0.416 e. The van der Waals surface area contributed by atoms with Gasteiger partial charge in [-0.2, -0.15) is 18.4 Å². The highest BCUT2D eigenvalue weighted by atomic mass is 35.5. The first-order chi connectivity index (χ1) is 16.5. The summed E-state index contributed by atoms with van der Waals surface area (Å²) in [5.41, 5.74) is -1.61. The van der Waals surface area contributed by atoms with Crippen molar-refractivity contribution in [2.45, 2.75) is 6.18 Å². The van der Waals surface area contributed by atoms with E-state index in [4.69, 9.17) is 27.9 Å². The van der Waals surface area contributed by atoms with Crippen molar-refractivity contribution in [1.82, 2.24) is 0 Å². The number of nitriles is 1. The van der Waals surface area contributed by atoms with Crippen LogP contribution in [0.2, 0.25) is 10.0 Å². The minimum atomic E-state index is -4.77. The summed E-state index contributed by atoms with van der Waals surface area (Å²) in [5, 5.41) is 23.5. The van der Waals surface area contributed by atoms with E-state index in [1.54, 1.807) is 30.3 Å². The monoisotopic (exact) mass is 521 g/mol. The van der Waals surface area contributed by atoms with E-state index in [9.17, 15) is 33.3 Å². The predicted molar refractivity (Wildman–Crippen MR) is 123 cm³/mol. The SMILES string of the molecule is N#C/C(=C/c1ccc(Oc2ccc(C(F)(F)F)cc2[N+](=O)[O-])c(Cl)c1)C(=O)Nc1ccc(Cl)cc1. The molecule has 0 heterocycles. The molecule has 0 aliphatic carbocycles. The number of ether oxygens (including phenoxy) is 1. The van der Waals surface area contributed by atoms with E-state index in [1.165, 1.54) is 24.3 Å². The number of nitrogens with one attached hydrogen (secondary N) is 1. The van der Waals surface area contributed by atoms with E-state index in [0.717, 1.165) is 6.07 Å². The Bertz CT molecular complexity index is 1370. The van der Waals surface area contributed by atoms with Crippen LogP contribution in [0.25, 0.3) is 6.08 Å². The number of nitro groups is 1. The average Bonchev–Trinajstić information content (AvgIpc) is 2.80. The van der Waals surface area contributed by atoms with Crippen LogP contribution in [-0.4, -0.2) is 10.8 Å². The van der Waals surface area contributed by atoms with Gasteiger partial charge in [-0.15, -0.1) is 0 Å². The number of hydrogen-bond donors (Lipinski definition) is 1. The van der Waals surface area contributed by atoms with Crippen LogP contribution in [-0.2, 0) is 11.0 Å². The second-order valence-electron chi connectivity index (χ2n) is 6.86. The Hall–Kier alpha value is -4.07. The van der Waals surface area contributed by atoms with E-state index >= 15 is 0 Å². The topological polar surface area (TPSA) is 105 Å². The summed E-state index contributed by atoms with van der Waals surface area (Å²) >= 11 is 12.0. The van der Waals surface area contributed by atoms with Gasteiger partial charge < -0.3 is 10.1 Å². The summed E-state index contributed by atoms with van der Waals surface area (Å²) in [6.07, 6.45) is -3.52. The van der Waals surface area contributed by atoms with Crippen LogP contribution in [0.5, 0.6) is 11.5 Å². The van der Waals surface area contributed by atoms with E-state index in [-0.39, 0.29) is 16.3 Å². The molecule has 0 bridgehead atoms. The summed E-state index contributed by atoms with van der Waals surface area (Å²) in [6.45, 7) is 0. The number of carbonyl (C=O) groups excluding carboxylic acids is 1. The van der Waals surface area contributed by atoms with Crippen molar-refractivity contribution < 1.29 is 27.6 Å². The fourth-order valence-corrected chi connectivity index (χ4v) is 3.13. The first kappa shape index (κ1) is 25.6. The molecule has 1 amide bonds. The zero-order chi connectivity index (χ0) is 25.8. The molecule has 0 unspecified atom stereocenters. The zero-order valence-electron chi connectivity index (χ0n) is 17.3. The minimum absolute atomic E-state index is 0.0663. The van der Waals surface area contributed by atoms with E-state index in [0.29, 0.717) is 28.4 Å². The van der Waals surface area contributed by atoms with E-state index in [1.807, 2.05) is 0 Å². The molecule has 0 fully saturated rings. The Labute approximate surface area is 206 Å². The van der Waals surface area contributed by atoms with Crippen LogP contribution in [0, 0.1) is 21.4 Å². The number of nitrogens with zero attached hydrogens (tertiary/aromatic N) is 2. The first-order valence-electron chi connectivity index (χ1n) is 9.49. The molecule has 35 heavy (non-hydrogen) atoms. The highest BCUT2D eigenvalue weighted by molar-refractivity contribution is 6.32. The Morgan fingerprint density at radius 1 is 1.06 bits per heavy atom. The molecule has 3 rings (SSSR count). The lowest BCUT2D eigenvalue weighted by molar-refractivity contribution is -0.385. The lowest BCUT2D eigenvalue weighted by atomic mass is 10.1. The molecule has 0 saturated heterocycles. The van der Waals surface area contributed by atoms with Gasteiger partial charge in [-0.25, -0.2) is 0 Å². The average molecular weight is 522 g/mol. The second kappa shape index (κ2) is 10.5. The van der Waals surface area contributed by atoms with Crippen LogP contribution < -0.4 is 10.1 Å². The molecule has 0 spiro atoms. The second-order valence-corrected chi connectivity index (χ2v) is 7.70. The van der Waals surface area contributed by atoms with Gasteiger partial charge >= 0.3 is 11.9 Å². The van der Waals surface area contributed by atoms with Gasteiger partial charge in [0.2, 0.25) is 5.75 Å². The van der Waals surface area contributed by atoms with Gasteiger partial charge in [-0.05, 0) is 60.2 Å². The molecule has 0 saturated carbocycles. The molecule has 0 aliphatic heterocycles. The number of alkyl halides is 3. The van der Waals surface area contributed by atoms with Crippen molar-refractivity contribution in [2.75, 3.05) is 5.32 Å². The van der Waals surface area contributed by atoms with Gasteiger partial charge in [0.15, 0.2) is 0 Å². The van der Waals surface area contributed by atoms with Crippen molar-refractivity contribution in [2.24, 2.45) is 0 Å². The van der Waals surface area contributed by atoms with Crippen LogP contribution >= 0.6 is 23.2 Å². The summed E-state index contributed by atoms with van der Waals surface area (Å²) in [5.74, 6) is -1.23. The number of hydrogen-bond acceptors (Lipinski definition) is 5. The van der Waals surface area contributed by atoms with Crippen LogP contribution in [0.1, 0.15) is 11.1 Å². The van der Waals surface area contributed by atoms with Gasteiger partial charge in [0.25, 0.3) is 5.91 Å². The van der Waals surface area contributed by atoms with Crippen LogP contribution in [0.15, 0.2) is 66.2 Å². The molecule has 0 aromatic heterocycles. The molecule has 1 N–H and O–H groups in total. The summed E-state index contributed by atoms with van der Waals surface area (Å²) < 4.78 is 44.0. The van der Waals surface area contributed by atoms with Gasteiger partial charge in [-0.3, -0.25) is 14.9 Å². The molecule has 12 heteroatoms. The zero-order valence-corrected chi connectivity index (χ0v) is 18.8. The summed E-state index contributed by atoms with van der Waals surface area (Å²) in [6, 6.07) is 13.9. The number of carbonyl (C=O) groups is 1. The minimum Gasteiger partial charge on any atom is -0.449 e. The summed E-state index contributed by atoms with van der Waals surface area (Å²) in [7, 11) is 0. The van der Waals surface area contributed by atoms with Crippen molar-refractivity contribution in [3.63, 3.8) is 0 Å². The highest BCUT2D eigenvalue weighted by Crippen LogP contribution is 2.39. The molecule has 7 nitrogen and oxygen atoms in total. The van der Waals surface area contributed by atoms with Gasteiger partial charge in [0.1, 0.15) is 17.4 Å². The molecule has 0 radical (unpaired) electrons. The normalized spacial score (nSPS) is 11.5. The lowest BCUT2D eigenvalue weighted by Gasteiger charge is -2.11. The Morgan fingerprint density at radius 2 is 1.71 bits per heavy atom. The Kier molecular flexibility index (Phi) is 7.64. The highest BCUT2D eigenvalue weighted by Gasteiger charge is 2.33. The third kappa shape index (κ3) is 6.50. The van der Waals surface area contributed by atoms with E-state index < -0.39 is 34.0 Å². The predicted octanol–water partition coefficient (Wildman–Crippen LogP) is 7.26. The van der Waals surface area contributed by atoms with Gasteiger partial charge in [-0.1, -0.05) is 29.3 Å². The molecule has 178 valence electrons. The standard InChI is InChI=1S/C23H12Cl2F3N3O4/c24-16-3-5-17(6-4-16)30-22(32)14(12-29)9-13-1-7-20(18(25)10-13)35-21-8-2-15(23(26,27)28)11-19(21)31(33)34/h1-11H,(H,30,32)/b14-9-.